The number of rotatable bonds is 4. The number of amides is 1. The van der Waals surface area contributed by atoms with E-state index in [0.717, 1.165) is 7.11 Å². The molecule has 0 aliphatic rings. The van der Waals surface area contributed by atoms with Gasteiger partial charge < -0.3 is 20.1 Å². The number of aliphatic hydroxyl groups is 1. The molecule has 19 heavy (non-hydrogen) atoms. The van der Waals surface area contributed by atoms with E-state index >= 15 is 0 Å². The normalized spacial score (nSPS) is 11.8. The molecule has 0 aromatic carbocycles. The predicted molar refractivity (Wildman–Crippen MR) is 66.9 cm³/mol. The first kappa shape index (κ1) is 14.9. The molecule has 1 heterocycles. The number of hydrogen-bond acceptors (Lipinski definition) is 5. The third-order valence-electron chi connectivity index (χ3n) is 2.57. The number of aliphatic hydroxyl groups excluding tert-OH is 1. The molecule has 0 spiro atoms. The van der Waals surface area contributed by atoms with E-state index < -0.39 is 30.1 Å². The van der Waals surface area contributed by atoms with Gasteiger partial charge in [-0.1, -0.05) is 0 Å². The van der Waals surface area contributed by atoms with Crippen molar-refractivity contribution in [2.45, 2.75) is 19.9 Å². The van der Waals surface area contributed by atoms with Gasteiger partial charge in [0.15, 0.2) is 6.04 Å². The van der Waals surface area contributed by atoms with Crippen LogP contribution in [0, 0.1) is 13.8 Å². The summed E-state index contributed by atoms with van der Waals surface area (Å²) in [4.78, 5) is 37.4. The van der Waals surface area contributed by atoms with Crippen molar-refractivity contribution in [3.05, 3.63) is 33.2 Å². The first-order valence-corrected chi connectivity index (χ1v) is 5.60. The number of hydrogen-bond donors (Lipinski definition) is 3. The molecule has 1 unspecified atom stereocenters. The Morgan fingerprint density at radius 2 is 2.11 bits per heavy atom. The zero-order valence-corrected chi connectivity index (χ0v) is 10.9. The van der Waals surface area contributed by atoms with Gasteiger partial charge in [0.25, 0.3) is 11.5 Å². The molecule has 1 aromatic rings. The number of esters is 1. The number of methoxy groups -OCH3 is 1. The summed E-state index contributed by atoms with van der Waals surface area (Å²) >= 11 is 0. The second-order valence-corrected chi connectivity index (χ2v) is 4.07. The highest BCUT2D eigenvalue weighted by Crippen LogP contribution is 2.04. The number of carbonyl (C=O) groups excluding carboxylic acids is 2. The van der Waals surface area contributed by atoms with Gasteiger partial charge in [-0.25, -0.2) is 4.79 Å². The molecule has 0 bridgehead atoms. The Hall–Kier alpha value is -2.15. The van der Waals surface area contributed by atoms with Crippen LogP contribution in [0.3, 0.4) is 0 Å². The van der Waals surface area contributed by atoms with E-state index in [1.807, 2.05) is 0 Å². The summed E-state index contributed by atoms with van der Waals surface area (Å²) in [5.41, 5.74) is 0.482. The molecule has 1 rings (SSSR count). The Bertz CT molecular complexity index is 550. The summed E-state index contributed by atoms with van der Waals surface area (Å²) in [6.45, 7) is 2.70. The standard InChI is InChI=1S/C12H16N2O5/c1-6-4-7(2)13-10(16)9(6)11(17)14-8(5-15)12(18)19-3/h4,8,15H,5H2,1-3H3,(H,13,16)(H,14,17). The van der Waals surface area contributed by atoms with Gasteiger partial charge >= 0.3 is 5.97 Å². The van der Waals surface area contributed by atoms with E-state index in [1.165, 1.54) is 0 Å². The lowest BCUT2D eigenvalue weighted by Gasteiger charge is -2.14. The van der Waals surface area contributed by atoms with Crippen molar-refractivity contribution in [1.82, 2.24) is 10.3 Å². The van der Waals surface area contributed by atoms with E-state index in [-0.39, 0.29) is 5.56 Å². The predicted octanol–water partition coefficient (Wildman–Crippen LogP) is -0.745. The van der Waals surface area contributed by atoms with Crippen LogP contribution in [0.4, 0.5) is 0 Å². The molecule has 0 saturated carbocycles. The molecule has 7 heteroatoms. The molecule has 0 aliphatic carbocycles. The van der Waals surface area contributed by atoms with Gasteiger partial charge in [-0.3, -0.25) is 9.59 Å². The van der Waals surface area contributed by atoms with Crippen molar-refractivity contribution >= 4 is 11.9 Å². The molecule has 0 radical (unpaired) electrons. The van der Waals surface area contributed by atoms with Gasteiger partial charge in [-0.15, -0.1) is 0 Å². The summed E-state index contributed by atoms with van der Waals surface area (Å²) in [6, 6.07) is 0.445. The Labute approximate surface area is 109 Å². The van der Waals surface area contributed by atoms with Crippen LogP contribution < -0.4 is 10.9 Å². The maximum atomic E-state index is 11.9. The molecule has 1 amide bonds. The lowest BCUT2D eigenvalue weighted by Crippen LogP contribution is -2.45. The average molecular weight is 268 g/mol. The van der Waals surface area contributed by atoms with Gasteiger partial charge in [0.1, 0.15) is 5.56 Å². The number of nitrogens with one attached hydrogen (secondary N) is 2. The van der Waals surface area contributed by atoms with Gasteiger partial charge in [0.2, 0.25) is 0 Å². The van der Waals surface area contributed by atoms with Gasteiger partial charge in [0.05, 0.1) is 13.7 Å². The first-order valence-electron chi connectivity index (χ1n) is 5.60. The molecule has 0 aliphatic heterocycles. The number of aromatic amines is 1. The number of H-pyrrole nitrogens is 1. The van der Waals surface area contributed by atoms with Crippen molar-refractivity contribution in [2.75, 3.05) is 13.7 Å². The molecular formula is C12H16N2O5. The fraction of sp³-hybridized carbons (Fsp3) is 0.417. The minimum absolute atomic E-state index is 0.0899. The lowest BCUT2D eigenvalue weighted by atomic mass is 10.1. The minimum Gasteiger partial charge on any atom is -0.467 e. The number of pyridine rings is 1. The summed E-state index contributed by atoms with van der Waals surface area (Å²) in [5, 5.41) is 11.3. The summed E-state index contributed by atoms with van der Waals surface area (Å²) < 4.78 is 4.42. The van der Waals surface area contributed by atoms with E-state index in [2.05, 4.69) is 15.0 Å². The van der Waals surface area contributed by atoms with E-state index in [0.29, 0.717) is 11.3 Å². The third kappa shape index (κ3) is 3.41. The van der Waals surface area contributed by atoms with Crippen molar-refractivity contribution in [1.29, 1.82) is 0 Å². The quantitative estimate of drug-likeness (QED) is 0.623. The van der Waals surface area contributed by atoms with Crippen molar-refractivity contribution in [3.8, 4) is 0 Å². The SMILES string of the molecule is COC(=O)C(CO)NC(=O)c1c(C)cc(C)[nH]c1=O. The van der Waals surface area contributed by atoms with Crippen LogP contribution in [-0.2, 0) is 9.53 Å². The molecule has 1 aromatic heterocycles. The average Bonchev–Trinajstić information content (AvgIpc) is 2.33. The van der Waals surface area contributed by atoms with Crippen LogP contribution in [0.5, 0.6) is 0 Å². The van der Waals surface area contributed by atoms with Crippen molar-refractivity contribution < 1.29 is 19.4 Å². The Morgan fingerprint density at radius 1 is 1.47 bits per heavy atom. The minimum atomic E-state index is -1.20. The zero-order valence-electron chi connectivity index (χ0n) is 10.9. The molecule has 1 atom stereocenters. The fourth-order valence-electron chi connectivity index (χ4n) is 1.69. The number of aromatic nitrogens is 1. The molecule has 0 fully saturated rings. The monoisotopic (exact) mass is 268 g/mol. The van der Waals surface area contributed by atoms with E-state index in [1.54, 1.807) is 19.9 Å². The number of ether oxygens (including phenoxy) is 1. The second-order valence-electron chi connectivity index (χ2n) is 4.07. The van der Waals surface area contributed by atoms with E-state index in [9.17, 15) is 14.4 Å². The van der Waals surface area contributed by atoms with Gasteiger partial charge in [-0.05, 0) is 25.5 Å². The highest BCUT2D eigenvalue weighted by molar-refractivity contribution is 5.97. The van der Waals surface area contributed by atoms with Crippen molar-refractivity contribution in [3.63, 3.8) is 0 Å². The van der Waals surface area contributed by atoms with Crippen LogP contribution in [-0.4, -0.2) is 41.7 Å². The van der Waals surface area contributed by atoms with Gasteiger partial charge in [0, 0.05) is 5.69 Å². The molecule has 7 nitrogen and oxygen atoms in total. The van der Waals surface area contributed by atoms with E-state index in [4.69, 9.17) is 5.11 Å². The fourth-order valence-corrected chi connectivity index (χ4v) is 1.69. The van der Waals surface area contributed by atoms with Crippen LogP contribution in [0.15, 0.2) is 10.9 Å². The van der Waals surface area contributed by atoms with Crippen LogP contribution in [0.2, 0.25) is 0 Å². The number of aryl methyl sites for hydroxylation is 2. The summed E-state index contributed by atoms with van der Waals surface area (Å²) in [7, 11) is 1.14. The summed E-state index contributed by atoms with van der Waals surface area (Å²) in [6.07, 6.45) is 0. The largest absolute Gasteiger partial charge is 0.467 e. The highest BCUT2D eigenvalue weighted by atomic mass is 16.5. The van der Waals surface area contributed by atoms with Crippen LogP contribution in [0.1, 0.15) is 21.6 Å². The zero-order chi connectivity index (χ0) is 14.6. The third-order valence-corrected chi connectivity index (χ3v) is 2.57. The molecule has 3 N–H and O–H groups in total. The molecule has 0 saturated heterocycles. The number of carbonyl (C=O) groups is 2. The Balaban J connectivity index is 3.02. The second kappa shape index (κ2) is 6.14. The summed E-state index contributed by atoms with van der Waals surface area (Å²) in [5.74, 6) is -1.51. The maximum absolute atomic E-state index is 11.9. The van der Waals surface area contributed by atoms with Crippen molar-refractivity contribution in [2.24, 2.45) is 0 Å². The first-order chi connectivity index (χ1) is 8.90. The maximum Gasteiger partial charge on any atom is 0.330 e. The lowest BCUT2D eigenvalue weighted by molar-refractivity contribution is -0.143. The topological polar surface area (TPSA) is 108 Å². The smallest absolute Gasteiger partial charge is 0.330 e. The Morgan fingerprint density at radius 3 is 2.58 bits per heavy atom. The Kier molecular flexibility index (Phi) is 4.82. The highest BCUT2D eigenvalue weighted by Gasteiger charge is 2.23. The molecular weight excluding hydrogens is 252 g/mol. The van der Waals surface area contributed by atoms with Gasteiger partial charge in [-0.2, -0.15) is 0 Å². The molecule has 104 valence electrons. The van der Waals surface area contributed by atoms with Crippen LogP contribution >= 0.6 is 0 Å². The van der Waals surface area contributed by atoms with Crippen LogP contribution in [0.25, 0.3) is 0 Å².